The molecule has 0 saturated heterocycles. The average Bonchev–Trinajstić information content (AvgIpc) is 4.16. The van der Waals surface area contributed by atoms with Gasteiger partial charge in [0.2, 0.25) is 11.7 Å². The average molecular weight is 1170 g/mol. The molecule has 0 fully saturated rings. The summed E-state index contributed by atoms with van der Waals surface area (Å²) in [6.07, 6.45) is 24.0. The standard InChI is InChI=1S/C61H97N5O15.C2H6/c1-3-5-6-7-8-9-10-11-12-13-14-15-16-17-18-19-28-65(58(69)26-31-72-35-39-76-43-45-79-42-38-75-34-30-66-50-53(4-2)63-64-66)29-33-74-37-41-78-46-48-80-47-44-77-40-36-73-32-27-62-61(71)52-22-20-51(21-23-52)57-49-56(68)54-24-25-55(67)59(70)60(54)81-57;1-2/h20-25,49-50,67,70H,3-19,26-48H2,1-2H3,(H,62,71);1-2H3. The number of unbranched alkanes of at least 4 members (excludes halogenated alkanes) is 15. The molecule has 0 radical (unpaired) electrons. The highest BCUT2D eigenvalue weighted by atomic mass is 16.6. The molecular weight excluding hydrogens is 1070 g/mol. The SMILES string of the molecule is CC.CCCCCCCCCCCCCCCCCCN(CCOCCOCCOCCOCCOCCNC(=O)c1ccc(-c2cc(=O)c3ccc(O)c(O)c3o2)cc1)C(=O)CCOCCOCCOCCOCCn1cc(CC)nn1. The maximum atomic E-state index is 13.3. The van der Waals surface area contributed by atoms with Crippen LogP contribution in [0.2, 0.25) is 0 Å². The lowest BCUT2D eigenvalue weighted by Gasteiger charge is -2.23. The monoisotopic (exact) mass is 1170 g/mol. The van der Waals surface area contributed by atoms with Gasteiger partial charge < -0.3 is 67.5 Å². The number of nitrogens with one attached hydrogen (secondary N) is 1. The van der Waals surface area contributed by atoms with Crippen LogP contribution < -0.4 is 10.7 Å². The maximum Gasteiger partial charge on any atom is 0.251 e. The molecule has 0 saturated carbocycles. The molecule has 0 spiro atoms. The summed E-state index contributed by atoms with van der Waals surface area (Å²) in [6.45, 7) is 18.1. The first-order valence-electron chi connectivity index (χ1n) is 31.0. The van der Waals surface area contributed by atoms with Gasteiger partial charge in [0.15, 0.2) is 16.8 Å². The van der Waals surface area contributed by atoms with Crippen LogP contribution in [0.5, 0.6) is 11.5 Å². The Bertz CT molecular complexity index is 2280. The van der Waals surface area contributed by atoms with Crippen LogP contribution in [0.4, 0.5) is 0 Å². The molecule has 4 aromatic rings. The lowest BCUT2D eigenvalue weighted by Crippen LogP contribution is -2.35. The van der Waals surface area contributed by atoms with Gasteiger partial charge in [-0.3, -0.25) is 14.4 Å². The quantitative estimate of drug-likeness (QED) is 0.0275. The van der Waals surface area contributed by atoms with Crippen molar-refractivity contribution in [2.45, 2.75) is 150 Å². The molecule has 470 valence electrons. The van der Waals surface area contributed by atoms with Crippen LogP contribution in [0.25, 0.3) is 22.3 Å². The van der Waals surface area contributed by atoms with Crippen LogP contribution in [0.1, 0.15) is 153 Å². The van der Waals surface area contributed by atoms with Gasteiger partial charge in [0.25, 0.3) is 5.91 Å². The number of carbonyl (C=O) groups excluding carboxylic acids is 2. The van der Waals surface area contributed by atoms with E-state index in [9.17, 15) is 24.6 Å². The summed E-state index contributed by atoms with van der Waals surface area (Å²) >= 11 is 0. The molecule has 20 heteroatoms. The maximum absolute atomic E-state index is 13.3. The number of carbonyl (C=O) groups is 2. The molecule has 0 unspecified atom stereocenters. The molecule has 2 amide bonds. The van der Waals surface area contributed by atoms with Crippen molar-refractivity contribution in [3.63, 3.8) is 0 Å². The number of ether oxygens (including phenoxy) is 9. The molecule has 0 bridgehead atoms. The van der Waals surface area contributed by atoms with Gasteiger partial charge in [-0.25, -0.2) is 4.68 Å². The molecule has 0 aliphatic carbocycles. The van der Waals surface area contributed by atoms with Crippen LogP contribution in [0.3, 0.4) is 0 Å². The molecule has 0 aliphatic heterocycles. The molecule has 20 nitrogen and oxygen atoms in total. The number of aromatic nitrogens is 3. The van der Waals surface area contributed by atoms with Gasteiger partial charge >= 0.3 is 0 Å². The Kier molecular flexibility index (Phi) is 42.9. The van der Waals surface area contributed by atoms with Crippen LogP contribution in [-0.2, 0) is 60.4 Å². The normalized spacial score (nSPS) is 11.3. The van der Waals surface area contributed by atoms with Crippen LogP contribution in [0, 0.1) is 0 Å². The second-order valence-corrected chi connectivity index (χ2v) is 19.9. The van der Waals surface area contributed by atoms with Crippen molar-refractivity contribution in [3.8, 4) is 22.8 Å². The minimum Gasteiger partial charge on any atom is -0.504 e. The van der Waals surface area contributed by atoms with E-state index in [0.717, 1.165) is 25.0 Å². The van der Waals surface area contributed by atoms with Gasteiger partial charge in [-0.1, -0.05) is 141 Å². The van der Waals surface area contributed by atoms with Crippen molar-refractivity contribution in [3.05, 3.63) is 70.1 Å². The lowest BCUT2D eigenvalue weighted by atomic mass is 10.0. The van der Waals surface area contributed by atoms with E-state index < -0.39 is 11.5 Å². The smallest absolute Gasteiger partial charge is 0.251 e. The Morgan fingerprint density at radius 3 is 1.54 bits per heavy atom. The number of hydrogen-bond donors (Lipinski definition) is 3. The molecule has 0 atom stereocenters. The van der Waals surface area contributed by atoms with E-state index in [2.05, 4.69) is 22.6 Å². The van der Waals surface area contributed by atoms with Crippen molar-refractivity contribution in [2.75, 3.05) is 139 Å². The Balaban J connectivity index is 0.00000893. The minimum absolute atomic E-state index is 0.0715. The molecule has 2 aromatic carbocycles. The van der Waals surface area contributed by atoms with Crippen molar-refractivity contribution >= 4 is 22.8 Å². The minimum atomic E-state index is -0.513. The van der Waals surface area contributed by atoms with Crippen LogP contribution in [-0.4, -0.2) is 180 Å². The summed E-state index contributed by atoms with van der Waals surface area (Å²) in [7, 11) is 0. The summed E-state index contributed by atoms with van der Waals surface area (Å²) < 4.78 is 58.4. The second-order valence-electron chi connectivity index (χ2n) is 19.9. The van der Waals surface area contributed by atoms with Gasteiger partial charge in [0.05, 0.1) is 143 Å². The van der Waals surface area contributed by atoms with E-state index in [4.69, 9.17) is 47.0 Å². The Labute approximate surface area is 494 Å². The zero-order chi connectivity index (χ0) is 59.6. The van der Waals surface area contributed by atoms with Gasteiger partial charge in [-0.2, -0.15) is 0 Å². The van der Waals surface area contributed by atoms with Gasteiger partial charge in [0, 0.05) is 43.0 Å². The van der Waals surface area contributed by atoms with Crippen molar-refractivity contribution in [2.24, 2.45) is 0 Å². The third-order valence-corrected chi connectivity index (χ3v) is 13.4. The van der Waals surface area contributed by atoms with Gasteiger partial charge in [-0.15, -0.1) is 5.10 Å². The predicted octanol–water partition coefficient (Wildman–Crippen LogP) is 10.1. The van der Waals surface area contributed by atoms with E-state index in [-0.39, 0.29) is 34.0 Å². The molecular formula is C63H103N5O15. The highest BCUT2D eigenvalue weighted by Crippen LogP contribution is 2.34. The van der Waals surface area contributed by atoms with Crippen molar-refractivity contribution in [1.29, 1.82) is 0 Å². The highest BCUT2D eigenvalue weighted by molar-refractivity contribution is 5.94. The van der Waals surface area contributed by atoms with E-state index in [1.54, 1.807) is 28.9 Å². The molecule has 3 N–H and O–H groups in total. The Morgan fingerprint density at radius 2 is 1.04 bits per heavy atom. The van der Waals surface area contributed by atoms with Crippen LogP contribution >= 0.6 is 0 Å². The van der Waals surface area contributed by atoms with Gasteiger partial charge in [0.1, 0.15) is 5.76 Å². The molecule has 2 heterocycles. The predicted molar refractivity (Wildman–Crippen MR) is 322 cm³/mol. The number of benzene rings is 2. The topological polar surface area (TPSA) is 234 Å². The molecule has 83 heavy (non-hydrogen) atoms. The first kappa shape index (κ1) is 72.2. The number of phenolic OH excluding ortho intramolecular Hbond substituents is 2. The number of amides is 2. The van der Waals surface area contributed by atoms with Crippen molar-refractivity contribution < 1.29 is 66.9 Å². The number of hydrogen-bond acceptors (Lipinski definition) is 17. The highest BCUT2D eigenvalue weighted by Gasteiger charge is 2.16. The van der Waals surface area contributed by atoms with Crippen molar-refractivity contribution in [1.82, 2.24) is 25.2 Å². The van der Waals surface area contributed by atoms with Crippen LogP contribution in [0.15, 0.2) is 57.9 Å². The fourth-order valence-corrected chi connectivity index (χ4v) is 8.68. The fraction of sp³-hybridized carbons (Fsp3) is 0.698. The Morgan fingerprint density at radius 1 is 0.566 bits per heavy atom. The van der Waals surface area contributed by atoms with E-state index in [0.29, 0.717) is 163 Å². The fourth-order valence-electron chi connectivity index (χ4n) is 8.68. The number of phenols is 2. The van der Waals surface area contributed by atoms with E-state index in [1.807, 2.05) is 31.9 Å². The number of nitrogens with zero attached hydrogens (tertiary/aromatic N) is 4. The summed E-state index contributed by atoms with van der Waals surface area (Å²) in [4.78, 5) is 40.4. The molecule has 2 aromatic heterocycles. The summed E-state index contributed by atoms with van der Waals surface area (Å²) in [5, 5.41) is 31.1. The number of aromatic hydroxyl groups is 2. The molecule has 0 aliphatic rings. The zero-order valence-electron chi connectivity index (χ0n) is 50.9. The first-order valence-corrected chi connectivity index (χ1v) is 31.0. The number of fused-ring (bicyclic) bond motifs is 1. The summed E-state index contributed by atoms with van der Waals surface area (Å²) in [5.41, 5.74) is 1.41. The third kappa shape index (κ3) is 33.9. The molecule has 4 rings (SSSR count). The number of aryl methyl sites for hydroxylation is 1. The summed E-state index contributed by atoms with van der Waals surface area (Å²) in [6, 6.07) is 10.4. The van der Waals surface area contributed by atoms with Gasteiger partial charge in [-0.05, 0) is 37.1 Å². The Hall–Kier alpha value is -5.03. The van der Waals surface area contributed by atoms with E-state index in [1.165, 1.54) is 108 Å². The van der Waals surface area contributed by atoms with E-state index >= 15 is 0 Å². The first-order chi connectivity index (χ1) is 40.8. The second kappa shape index (κ2) is 49.3. The third-order valence-electron chi connectivity index (χ3n) is 13.4. The lowest BCUT2D eigenvalue weighted by molar-refractivity contribution is -0.133. The largest absolute Gasteiger partial charge is 0.504 e. The summed E-state index contributed by atoms with van der Waals surface area (Å²) in [5.74, 6) is -0.942. The zero-order valence-corrected chi connectivity index (χ0v) is 50.9. The number of rotatable bonds is 53.